The van der Waals surface area contributed by atoms with E-state index in [-0.39, 0.29) is 12.2 Å². The largest absolute Gasteiger partial charge is 0.481 e. The van der Waals surface area contributed by atoms with Crippen LogP contribution in [0.25, 0.3) is 0 Å². The Hall–Kier alpha value is -1.34. The Morgan fingerprint density at radius 3 is 2.73 bits per heavy atom. The van der Waals surface area contributed by atoms with Crippen molar-refractivity contribution in [3.63, 3.8) is 0 Å². The van der Waals surface area contributed by atoms with Crippen molar-refractivity contribution < 1.29 is 22.7 Å². The molecule has 7 heteroatoms. The number of carboxylic acid groups (broad SMARTS) is 1. The quantitative estimate of drug-likeness (QED) is 0.764. The van der Waals surface area contributed by atoms with Gasteiger partial charge in [-0.05, 0) is 12.1 Å². The van der Waals surface area contributed by atoms with Crippen LogP contribution in [0.15, 0.2) is 22.8 Å². The summed E-state index contributed by atoms with van der Waals surface area (Å²) in [7, 11) is -3.47. The van der Waals surface area contributed by atoms with E-state index in [1.54, 1.807) is 6.07 Å². The molecular weight excluding hydrogens is 222 g/mol. The van der Waals surface area contributed by atoms with E-state index >= 15 is 0 Å². The molecule has 0 amide bonds. The molecule has 0 aliphatic rings. The van der Waals surface area contributed by atoms with Crippen molar-refractivity contribution in [3.05, 3.63) is 24.2 Å². The molecule has 1 heterocycles. The first-order chi connectivity index (χ1) is 6.88. The van der Waals surface area contributed by atoms with Crippen molar-refractivity contribution in [2.24, 2.45) is 0 Å². The smallest absolute Gasteiger partial charge is 0.305 e. The highest BCUT2D eigenvalue weighted by molar-refractivity contribution is 7.88. The van der Waals surface area contributed by atoms with Gasteiger partial charge in [-0.15, -0.1) is 0 Å². The van der Waals surface area contributed by atoms with Gasteiger partial charge in [0.15, 0.2) is 0 Å². The van der Waals surface area contributed by atoms with Crippen LogP contribution < -0.4 is 4.72 Å². The van der Waals surface area contributed by atoms with Crippen molar-refractivity contribution in [1.29, 1.82) is 0 Å². The molecule has 6 nitrogen and oxygen atoms in total. The fraction of sp³-hybridized carbons (Fsp3) is 0.375. The third-order valence-electron chi connectivity index (χ3n) is 1.62. The zero-order valence-corrected chi connectivity index (χ0v) is 8.82. The average Bonchev–Trinajstić information content (AvgIpc) is 2.50. The Balaban J connectivity index is 2.84. The first-order valence-electron chi connectivity index (χ1n) is 4.11. The second-order valence-electron chi connectivity index (χ2n) is 3.06. The number of hydrogen-bond acceptors (Lipinski definition) is 4. The summed E-state index contributed by atoms with van der Waals surface area (Å²) < 4.78 is 29.1. The molecule has 0 saturated heterocycles. The summed E-state index contributed by atoms with van der Waals surface area (Å²) in [6, 6.07) is 2.22. The van der Waals surface area contributed by atoms with Crippen LogP contribution in [0.3, 0.4) is 0 Å². The number of furan rings is 1. The van der Waals surface area contributed by atoms with Crippen LogP contribution in [0.2, 0.25) is 0 Å². The molecule has 0 bridgehead atoms. The normalized spacial score (nSPS) is 13.7. The van der Waals surface area contributed by atoms with Crippen LogP contribution in [0.1, 0.15) is 18.2 Å². The molecule has 2 N–H and O–H groups in total. The maximum Gasteiger partial charge on any atom is 0.305 e. The van der Waals surface area contributed by atoms with Gasteiger partial charge >= 0.3 is 5.97 Å². The molecule has 0 spiro atoms. The van der Waals surface area contributed by atoms with E-state index < -0.39 is 22.0 Å². The molecular formula is C8H11NO5S. The van der Waals surface area contributed by atoms with Gasteiger partial charge in [0, 0.05) is 0 Å². The molecule has 84 valence electrons. The number of rotatable bonds is 5. The van der Waals surface area contributed by atoms with Gasteiger partial charge in [-0.25, -0.2) is 13.1 Å². The topological polar surface area (TPSA) is 96.6 Å². The van der Waals surface area contributed by atoms with E-state index in [1.807, 2.05) is 0 Å². The number of carbonyl (C=O) groups is 1. The first kappa shape index (κ1) is 11.7. The first-order valence-corrected chi connectivity index (χ1v) is 6.00. The summed E-state index contributed by atoms with van der Waals surface area (Å²) in [5.41, 5.74) is 0. The van der Waals surface area contributed by atoms with Crippen molar-refractivity contribution in [1.82, 2.24) is 4.72 Å². The highest BCUT2D eigenvalue weighted by Crippen LogP contribution is 2.17. The summed E-state index contributed by atoms with van der Waals surface area (Å²) >= 11 is 0. The number of sulfonamides is 1. The van der Waals surface area contributed by atoms with Gasteiger partial charge in [0.25, 0.3) is 0 Å². The van der Waals surface area contributed by atoms with Gasteiger partial charge in [-0.3, -0.25) is 4.79 Å². The second kappa shape index (κ2) is 4.45. The Kier molecular flexibility index (Phi) is 3.48. The lowest BCUT2D eigenvalue weighted by Gasteiger charge is -2.12. The predicted octanol–water partition coefficient (Wildman–Crippen LogP) is 0.345. The Bertz CT molecular complexity index is 422. The molecule has 0 saturated carbocycles. The van der Waals surface area contributed by atoms with Crippen LogP contribution in [0.4, 0.5) is 0 Å². The zero-order chi connectivity index (χ0) is 11.5. The molecule has 1 rings (SSSR count). The minimum absolute atomic E-state index is 0.280. The van der Waals surface area contributed by atoms with Crippen molar-refractivity contribution >= 4 is 16.0 Å². The lowest BCUT2D eigenvalue weighted by atomic mass is 10.2. The summed E-state index contributed by atoms with van der Waals surface area (Å²) in [6.45, 7) is 0. The highest BCUT2D eigenvalue weighted by atomic mass is 32.2. The summed E-state index contributed by atoms with van der Waals surface area (Å²) in [4.78, 5) is 10.5. The summed E-state index contributed by atoms with van der Waals surface area (Å²) in [5.74, 6) is -0.824. The third kappa shape index (κ3) is 4.13. The van der Waals surface area contributed by atoms with Gasteiger partial charge in [-0.1, -0.05) is 0 Å². The fourth-order valence-corrected chi connectivity index (χ4v) is 1.84. The van der Waals surface area contributed by atoms with E-state index in [0.29, 0.717) is 0 Å². The SMILES string of the molecule is CS(=O)(=O)NC(CC(=O)O)c1ccco1. The summed E-state index contributed by atoms with van der Waals surface area (Å²) in [5, 5.41) is 8.60. The van der Waals surface area contributed by atoms with Gasteiger partial charge in [0.05, 0.1) is 25.0 Å². The highest BCUT2D eigenvalue weighted by Gasteiger charge is 2.21. The van der Waals surface area contributed by atoms with Crippen molar-refractivity contribution in [3.8, 4) is 0 Å². The number of aliphatic carboxylic acids is 1. The van der Waals surface area contributed by atoms with Crippen LogP contribution in [-0.2, 0) is 14.8 Å². The molecule has 0 aromatic carbocycles. The van der Waals surface area contributed by atoms with Gasteiger partial charge < -0.3 is 9.52 Å². The Morgan fingerprint density at radius 2 is 2.33 bits per heavy atom. The van der Waals surface area contributed by atoms with Crippen molar-refractivity contribution in [2.75, 3.05) is 6.26 Å². The van der Waals surface area contributed by atoms with E-state index in [2.05, 4.69) is 4.72 Å². The van der Waals surface area contributed by atoms with Crippen molar-refractivity contribution in [2.45, 2.75) is 12.5 Å². The lowest BCUT2D eigenvalue weighted by Crippen LogP contribution is -2.28. The number of hydrogen-bond donors (Lipinski definition) is 2. The van der Waals surface area contributed by atoms with E-state index in [9.17, 15) is 13.2 Å². The maximum atomic E-state index is 11.0. The summed E-state index contributed by atoms with van der Waals surface area (Å²) in [6.07, 6.45) is 1.96. The minimum atomic E-state index is -3.47. The lowest BCUT2D eigenvalue weighted by molar-refractivity contribution is -0.137. The fourth-order valence-electron chi connectivity index (χ4n) is 1.12. The number of nitrogens with one attached hydrogen (secondary N) is 1. The second-order valence-corrected chi connectivity index (χ2v) is 4.84. The molecule has 0 aliphatic carbocycles. The van der Waals surface area contributed by atoms with E-state index in [0.717, 1.165) is 6.26 Å². The third-order valence-corrected chi connectivity index (χ3v) is 2.33. The maximum absolute atomic E-state index is 11.0. The molecule has 0 fully saturated rings. The van der Waals surface area contributed by atoms with Gasteiger partial charge in [0.1, 0.15) is 5.76 Å². The number of carboxylic acids is 1. The minimum Gasteiger partial charge on any atom is -0.481 e. The van der Waals surface area contributed by atoms with Crippen LogP contribution in [-0.4, -0.2) is 25.7 Å². The molecule has 0 radical (unpaired) electrons. The van der Waals surface area contributed by atoms with Crippen LogP contribution in [0.5, 0.6) is 0 Å². The molecule has 1 aromatic rings. The van der Waals surface area contributed by atoms with Crippen LogP contribution >= 0.6 is 0 Å². The van der Waals surface area contributed by atoms with Crippen LogP contribution in [0, 0.1) is 0 Å². The zero-order valence-electron chi connectivity index (χ0n) is 8.00. The van der Waals surface area contributed by atoms with Gasteiger partial charge in [0.2, 0.25) is 10.0 Å². The Morgan fingerprint density at radius 1 is 1.67 bits per heavy atom. The molecule has 1 unspecified atom stereocenters. The molecule has 15 heavy (non-hydrogen) atoms. The Labute approximate surface area is 87.0 Å². The van der Waals surface area contributed by atoms with Gasteiger partial charge in [-0.2, -0.15) is 0 Å². The predicted molar refractivity (Wildman–Crippen MR) is 51.7 cm³/mol. The standard InChI is InChI=1S/C8H11NO5S/c1-15(12,13)9-6(5-8(10)11)7-3-2-4-14-7/h2-4,6,9H,5H2,1H3,(H,10,11). The molecule has 1 atom stereocenters. The van der Waals surface area contributed by atoms with E-state index in [4.69, 9.17) is 9.52 Å². The molecule has 1 aromatic heterocycles. The molecule has 0 aliphatic heterocycles. The monoisotopic (exact) mass is 233 g/mol. The average molecular weight is 233 g/mol. The van der Waals surface area contributed by atoms with E-state index in [1.165, 1.54) is 12.3 Å².